The topological polar surface area (TPSA) is 71.5 Å². The number of thiophene rings is 1. The van der Waals surface area contributed by atoms with Crippen molar-refractivity contribution in [3.63, 3.8) is 0 Å². The molecule has 130 valence electrons. The molecule has 0 aliphatic rings. The van der Waals surface area contributed by atoms with Crippen molar-refractivity contribution in [2.45, 2.75) is 0 Å². The molecule has 0 radical (unpaired) electrons. The molecule has 0 unspecified atom stereocenters. The number of benzene rings is 1. The molecule has 3 rings (SSSR count). The number of likely N-dealkylation sites (N-methyl/N-ethyl adjacent to an activating group) is 1. The predicted octanol–water partition coefficient (Wildman–Crippen LogP) is 3.84. The van der Waals surface area contributed by atoms with Gasteiger partial charge in [0.05, 0.1) is 32.5 Å². The summed E-state index contributed by atoms with van der Waals surface area (Å²) in [6, 6.07) is 9.06. The molecular formula is C16H14BrN3O3S2. The van der Waals surface area contributed by atoms with Gasteiger partial charge < -0.3 is 15.0 Å². The van der Waals surface area contributed by atoms with Crippen LogP contribution in [0.15, 0.2) is 34.1 Å². The fraction of sp³-hybridized carbons (Fsp3) is 0.188. The van der Waals surface area contributed by atoms with Crippen molar-refractivity contribution in [1.82, 2.24) is 9.88 Å². The van der Waals surface area contributed by atoms with Crippen LogP contribution in [0.5, 0.6) is 5.75 Å². The Kier molecular flexibility index (Phi) is 5.36. The van der Waals surface area contributed by atoms with Gasteiger partial charge >= 0.3 is 0 Å². The molecule has 0 atom stereocenters. The van der Waals surface area contributed by atoms with Gasteiger partial charge in [0, 0.05) is 7.05 Å². The molecule has 0 aliphatic heterocycles. The average Bonchev–Trinajstić information content (AvgIpc) is 3.18. The quantitative estimate of drug-likeness (QED) is 0.655. The molecule has 9 heteroatoms. The Hall–Kier alpha value is -1.97. The maximum absolute atomic E-state index is 12.3. The normalized spacial score (nSPS) is 10.7. The number of nitrogens with zero attached hydrogens (tertiary/aromatic N) is 2. The summed E-state index contributed by atoms with van der Waals surface area (Å²) in [6.07, 6.45) is 0. The number of amides is 2. The Morgan fingerprint density at radius 2 is 2.08 bits per heavy atom. The van der Waals surface area contributed by atoms with Crippen molar-refractivity contribution >= 4 is 65.8 Å². The zero-order valence-electron chi connectivity index (χ0n) is 13.4. The Labute approximate surface area is 160 Å². The number of carbonyl (C=O) groups is 2. The molecule has 3 aromatic rings. The van der Waals surface area contributed by atoms with Gasteiger partial charge in [-0.05, 0) is 46.3 Å². The minimum absolute atomic E-state index is 0.0480. The van der Waals surface area contributed by atoms with Crippen molar-refractivity contribution in [3.05, 3.63) is 39.0 Å². The Bertz CT molecular complexity index is 938. The van der Waals surface area contributed by atoms with Crippen LogP contribution in [0.3, 0.4) is 0 Å². The summed E-state index contributed by atoms with van der Waals surface area (Å²) in [5.41, 5.74) is 0.786. The SMILES string of the molecule is COc1ccc2nc(NC(=O)CN(C)C(=O)c3ccc(Br)s3)sc2c1. The van der Waals surface area contributed by atoms with Crippen molar-refractivity contribution in [3.8, 4) is 5.75 Å². The summed E-state index contributed by atoms with van der Waals surface area (Å²) < 4.78 is 6.97. The number of fused-ring (bicyclic) bond motifs is 1. The van der Waals surface area contributed by atoms with Crippen LogP contribution in [-0.4, -0.2) is 42.4 Å². The van der Waals surface area contributed by atoms with Gasteiger partial charge in [0.2, 0.25) is 5.91 Å². The fourth-order valence-electron chi connectivity index (χ4n) is 2.15. The van der Waals surface area contributed by atoms with E-state index < -0.39 is 0 Å². The number of nitrogens with one attached hydrogen (secondary N) is 1. The molecule has 0 fully saturated rings. The smallest absolute Gasteiger partial charge is 0.264 e. The second-order valence-corrected chi connectivity index (χ2v) is 8.66. The number of rotatable bonds is 5. The number of hydrogen-bond donors (Lipinski definition) is 1. The number of ether oxygens (including phenoxy) is 1. The summed E-state index contributed by atoms with van der Waals surface area (Å²) >= 11 is 6.02. The molecule has 2 heterocycles. The second-order valence-electron chi connectivity index (χ2n) is 5.17. The lowest BCUT2D eigenvalue weighted by atomic mass is 10.3. The molecule has 25 heavy (non-hydrogen) atoms. The molecule has 1 N–H and O–H groups in total. The van der Waals surface area contributed by atoms with Gasteiger partial charge in [-0.15, -0.1) is 11.3 Å². The molecule has 0 saturated carbocycles. The van der Waals surface area contributed by atoms with Gasteiger partial charge in [-0.2, -0.15) is 0 Å². The third-order valence-electron chi connectivity index (χ3n) is 3.35. The van der Waals surface area contributed by atoms with Crippen LogP contribution in [0.2, 0.25) is 0 Å². The van der Waals surface area contributed by atoms with E-state index in [1.54, 1.807) is 26.3 Å². The van der Waals surface area contributed by atoms with Gasteiger partial charge in [0.15, 0.2) is 5.13 Å². The van der Waals surface area contributed by atoms with Gasteiger partial charge in [-0.25, -0.2) is 4.98 Å². The van der Waals surface area contributed by atoms with Crippen LogP contribution in [-0.2, 0) is 4.79 Å². The van der Waals surface area contributed by atoms with Crippen LogP contribution < -0.4 is 10.1 Å². The van der Waals surface area contributed by atoms with E-state index in [0.717, 1.165) is 19.8 Å². The lowest BCUT2D eigenvalue weighted by Crippen LogP contribution is -2.34. The first-order valence-electron chi connectivity index (χ1n) is 7.21. The van der Waals surface area contributed by atoms with E-state index in [9.17, 15) is 9.59 Å². The first kappa shape index (κ1) is 17.8. The Morgan fingerprint density at radius 3 is 2.76 bits per heavy atom. The highest BCUT2D eigenvalue weighted by molar-refractivity contribution is 9.11. The van der Waals surface area contributed by atoms with E-state index in [1.807, 2.05) is 18.2 Å². The van der Waals surface area contributed by atoms with Gasteiger partial charge in [0.1, 0.15) is 5.75 Å². The lowest BCUT2D eigenvalue weighted by molar-refractivity contribution is -0.116. The highest BCUT2D eigenvalue weighted by Crippen LogP contribution is 2.29. The van der Waals surface area contributed by atoms with Crippen LogP contribution in [0.1, 0.15) is 9.67 Å². The highest BCUT2D eigenvalue weighted by atomic mass is 79.9. The Balaban J connectivity index is 1.64. The van der Waals surface area contributed by atoms with E-state index >= 15 is 0 Å². The number of hydrogen-bond acceptors (Lipinski definition) is 6. The van der Waals surface area contributed by atoms with Crippen LogP contribution >= 0.6 is 38.6 Å². The molecule has 0 spiro atoms. The zero-order chi connectivity index (χ0) is 18.0. The summed E-state index contributed by atoms with van der Waals surface area (Å²) in [7, 11) is 3.20. The summed E-state index contributed by atoms with van der Waals surface area (Å²) in [6.45, 7) is -0.0480. The van der Waals surface area contributed by atoms with Crippen molar-refractivity contribution in [2.75, 3.05) is 26.0 Å². The van der Waals surface area contributed by atoms with E-state index in [0.29, 0.717) is 10.0 Å². The second kappa shape index (κ2) is 7.51. The van der Waals surface area contributed by atoms with Crippen molar-refractivity contribution < 1.29 is 14.3 Å². The van der Waals surface area contributed by atoms with E-state index in [2.05, 4.69) is 26.2 Å². The number of halogens is 1. The molecule has 0 bridgehead atoms. The molecule has 0 saturated heterocycles. The van der Waals surface area contributed by atoms with Gasteiger partial charge in [0.25, 0.3) is 5.91 Å². The van der Waals surface area contributed by atoms with Crippen LogP contribution in [0.4, 0.5) is 5.13 Å². The molecule has 1 aromatic carbocycles. The summed E-state index contributed by atoms with van der Waals surface area (Å²) in [4.78, 5) is 30.8. The van der Waals surface area contributed by atoms with Crippen molar-refractivity contribution in [1.29, 1.82) is 0 Å². The molecule has 6 nitrogen and oxygen atoms in total. The largest absolute Gasteiger partial charge is 0.497 e. The minimum Gasteiger partial charge on any atom is -0.497 e. The number of carbonyl (C=O) groups excluding carboxylic acids is 2. The zero-order valence-corrected chi connectivity index (χ0v) is 16.6. The van der Waals surface area contributed by atoms with Gasteiger partial charge in [-0.3, -0.25) is 9.59 Å². The average molecular weight is 440 g/mol. The maximum Gasteiger partial charge on any atom is 0.264 e. The minimum atomic E-state index is -0.294. The predicted molar refractivity (Wildman–Crippen MR) is 104 cm³/mol. The number of thiazole rings is 1. The summed E-state index contributed by atoms with van der Waals surface area (Å²) in [5, 5.41) is 3.23. The number of anilines is 1. The molecule has 2 amide bonds. The number of aromatic nitrogens is 1. The molecular weight excluding hydrogens is 426 g/mol. The van der Waals surface area contributed by atoms with E-state index in [1.165, 1.54) is 27.6 Å². The molecule has 0 aliphatic carbocycles. The first-order valence-corrected chi connectivity index (χ1v) is 9.64. The van der Waals surface area contributed by atoms with Crippen molar-refractivity contribution in [2.24, 2.45) is 0 Å². The fourth-order valence-corrected chi connectivity index (χ4v) is 4.44. The van der Waals surface area contributed by atoms with E-state index in [4.69, 9.17) is 4.74 Å². The van der Waals surface area contributed by atoms with Crippen LogP contribution in [0.25, 0.3) is 10.2 Å². The first-order chi connectivity index (χ1) is 12.0. The standard InChI is InChI=1S/C16H14BrN3O3S2/c1-20(15(22)11-5-6-13(17)24-11)8-14(21)19-16-18-10-4-3-9(23-2)7-12(10)25-16/h3-7H,8H2,1-2H3,(H,18,19,21). The van der Waals surface area contributed by atoms with Gasteiger partial charge in [-0.1, -0.05) is 11.3 Å². The molecule has 2 aromatic heterocycles. The Morgan fingerprint density at radius 1 is 1.28 bits per heavy atom. The van der Waals surface area contributed by atoms with Crippen LogP contribution in [0, 0.1) is 0 Å². The third kappa shape index (κ3) is 4.17. The third-order valence-corrected chi connectivity index (χ3v) is 5.90. The number of methoxy groups -OCH3 is 1. The monoisotopic (exact) mass is 439 g/mol. The van der Waals surface area contributed by atoms with E-state index in [-0.39, 0.29) is 18.4 Å². The maximum atomic E-state index is 12.3. The summed E-state index contributed by atoms with van der Waals surface area (Å²) in [5.74, 6) is 0.249. The highest BCUT2D eigenvalue weighted by Gasteiger charge is 2.17. The lowest BCUT2D eigenvalue weighted by Gasteiger charge is -2.15.